The zero-order chi connectivity index (χ0) is 19.1. The fraction of sp³-hybridized carbons (Fsp3) is 0.227. The molecule has 2 aromatic carbocycles. The summed E-state index contributed by atoms with van der Waals surface area (Å²) >= 11 is 0. The molecule has 2 N–H and O–H groups in total. The highest BCUT2D eigenvalue weighted by molar-refractivity contribution is 5.95. The first-order valence-electron chi connectivity index (χ1n) is 9.12. The maximum atomic E-state index is 12.2. The Morgan fingerprint density at radius 1 is 0.963 bits per heavy atom. The van der Waals surface area contributed by atoms with Gasteiger partial charge in [0.05, 0.1) is 5.69 Å². The maximum Gasteiger partial charge on any atom is 0.251 e. The summed E-state index contributed by atoms with van der Waals surface area (Å²) in [6, 6.07) is 21.4. The van der Waals surface area contributed by atoms with Gasteiger partial charge >= 0.3 is 0 Å². The molecule has 0 radical (unpaired) electrons. The molecule has 5 nitrogen and oxygen atoms in total. The SMILES string of the molecule is CC(C)CNC(=O)c1cccc(-c2ccc(NCc3ccccc3)nn2)c1. The fourth-order valence-corrected chi connectivity index (χ4v) is 2.59. The first-order valence-corrected chi connectivity index (χ1v) is 9.12. The average Bonchev–Trinajstić information content (AvgIpc) is 2.71. The first-order chi connectivity index (χ1) is 13.1. The molecule has 5 heteroatoms. The van der Waals surface area contributed by atoms with Gasteiger partial charge in [0, 0.05) is 24.2 Å². The van der Waals surface area contributed by atoms with Crippen molar-refractivity contribution in [1.82, 2.24) is 15.5 Å². The van der Waals surface area contributed by atoms with Crippen molar-refractivity contribution in [2.24, 2.45) is 5.92 Å². The molecule has 1 aromatic heterocycles. The highest BCUT2D eigenvalue weighted by atomic mass is 16.1. The van der Waals surface area contributed by atoms with Crippen LogP contribution in [0.25, 0.3) is 11.3 Å². The Kier molecular flexibility index (Phi) is 6.15. The molecule has 0 fully saturated rings. The number of nitrogens with zero attached hydrogens (tertiary/aromatic N) is 2. The summed E-state index contributed by atoms with van der Waals surface area (Å²) in [5.74, 6) is 1.06. The van der Waals surface area contributed by atoms with Crippen molar-refractivity contribution in [2.75, 3.05) is 11.9 Å². The van der Waals surface area contributed by atoms with Gasteiger partial charge < -0.3 is 10.6 Å². The van der Waals surface area contributed by atoms with Crippen LogP contribution in [0.1, 0.15) is 29.8 Å². The maximum absolute atomic E-state index is 12.2. The summed E-state index contributed by atoms with van der Waals surface area (Å²) in [5, 5.41) is 14.7. The van der Waals surface area contributed by atoms with Gasteiger partial charge in [0.2, 0.25) is 0 Å². The van der Waals surface area contributed by atoms with Gasteiger partial charge in [-0.1, -0.05) is 56.3 Å². The zero-order valence-electron chi connectivity index (χ0n) is 15.6. The molecule has 0 aliphatic heterocycles. The fourth-order valence-electron chi connectivity index (χ4n) is 2.59. The predicted octanol–water partition coefficient (Wildman–Crippen LogP) is 4.14. The number of carbonyl (C=O) groups is 1. The molecule has 0 aliphatic carbocycles. The van der Waals surface area contributed by atoms with Gasteiger partial charge in [-0.3, -0.25) is 4.79 Å². The van der Waals surface area contributed by atoms with E-state index < -0.39 is 0 Å². The number of carbonyl (C=O) groups excluding carboxylic acids is 1. The van der Waals surface area contributed by atoms with Gasteiger partial charge in [-0.2, -0.15) is 0 Å². The Hall–Kier alpha value is -3.21. The molecule has 0 saturated carbocycles. The lowest BCUT2D eigenvalue weighted by Gasteiger charge is -2.09. The van der Waals surface area contributed by atoms with Crippen LogP contribution in [0.15, 0.2) is 66.7 Å². The van der Waals surface area contributed by atoms with Gasteiger partial charge in [-0.05, 0) is 35.7 Å². The third-order valence-corrected chi connectivity index (χ3v) is 4.07. The summed E-state index contributed by atoms with van der Waals surface area (Å²) < 4.78 is 0. The van der Waals surface area contributed by atoms with E-state index in [1.54, 1.807) is 0 Å². The second-order valence-corrected chi connectivity index (χ2v) is 6.83. The monoisotopic (exact) mass is 360 g/mol. The minimum atomic E-state index is -0.0698. The number of hydrogen-bond donors (Lipinski definition) is 2. The quantitative estimate of drug-likeness (QED) is 0.664. The zero-order valence-corrected chi connectivity index (χ0v) is 15.6. The molecule has 1 amide bonds. The van der Waals surface area contributed by atoms with E-state index in [0.717, 1.165) is 11.3 Å². The van der Waals surface area contributed by atoms with Crippen LogP contribution < -0.4 is 10.6 Å². The summed E-state index contributed by atoms with van der Waals surface area (Å²) in [6.07, 6.45) is 0. The van der Waals surface area contributed by atoms with Gasteiger partial charge in [0.1, 0.15) is 5.82 Å². The molecule has 0 aliphatic rings. The second kappa shape index (κ2) is 8.94. The third-order valence-electron chi connectivity index (χ3n) is 4.07. The van der Waals surface area contributed by atoms with E-state index >= 15 is 0 Å². The largest absolute Gasteiger partial charge is 0.365 e. The van der Waals surface area contributed by atoms with Crippen LogP contribution in [0, 0.1) is 5.92 Å². The van der Waals surface area contributed by atoms with Crippen LogP contribution in [0.2, 0.25) is 0 Å². The molecular formula is C22H24N4O. The number of anilines is 1. The lowest BCUT2D eigenvalue weighted by atomic mass is 10.1. The van der Waals surface area contributed by atoms with Crippen molar-refractivity contribution >= 4 is 11.7 Å². The topological polar surface area (TPSA) is 66.9 Å². The van der Waals surface area contributed by atoms with E-state index in [9.17, 15) is 4.79 Å². The summed E-state index contributed by atoms with van der Waals surface area (Å²) in [7, 11) is 0. The van der Waals surface area contributed by atoms with Crippen molar-refractivity contribution in [3.63, 3.8) is 0 Å². The number of benzene rings is 2. The minimum Gasteiger partial charge on any atom is -0.365 e. The van der Waals surface area contributed by atoms with E-state index in [1.165, 1.54) is 5.56 Å². The van der Waals surface area contributed by atoms with E-state index in [0.29, 0.717) is 30.4 Å². The molecule has 3 aromatic rings. The molecule has 3 rings (SSSR count). The van der Waals surface area contributed by atoms with Crippen LogP contribution in [0.5, 0.6) is 0 Å². The molecule has 0 saturated heterocycles. The third kappa shape index (κ3) is 5.38. The number of nitrogens with one attached hydrogen (secondary N) is 2. The van der Waals surface area contributed by atoms with Crippen LogP contribution in [-0.4, -0.2) is 22.6 Å². The van der Waals surface area contributed by atoms with Crippen LogP contribution in [0.4, 0.5) is 5.82 Å². The van der Waals surface area contributed by atoms with Gasteiger partial charge in [0.25, 0.3) is 5.91 Å². The number of amides is 1. The van der Waals surface area contributed by atoms with E-state index in [1.807, 2.05) is 54.6 Å². The molecule has 0 unspecified atom stereocenters. The Bertz CT molecular complexity index is 876. The van der Waals surface area contributed by atoms with E-state index in [4.69, 9.17) is 0 Å². The molecule has 27 heavy (non-hydrogen) atoms. The first kappa shape index (κ1) is 18.6. The Morgan fingerprint density at radius 2 is 1.78 bits per heavy atom. The van der Waals surface area contributed by atoms with Crippen LogP contribution >= 0.6 is 0 Å². The second-order valence-electron chi connectivity index (χ2n) is 6.83. The summed E-state index contributed by atoms with van der Waals surface area (Å²) in [5.41, 5.74) is 3.41. The van der Waals surface area contributed by atoms with Gasteiger partial charge in [-0.15, -0.1) is 10.2 Å². The molecule has 1 heterocycles. The van der Waals surface area contributed by atoms with Crippen molar-refractivity contribution in [3.8, 4) is 11.3 Å². The minimum absolute atomic E-state index is 0.0698. The van der Waals surface area contributed by atoms with Crippen molar-refractivity contribution in [3.05, 3.63) is 77.9 Å². The Balaban J connectivity index is 1.66. The highest BCUT2D eigenvalue weighted by Crippen LogP contribution is 2.19. The normalized spacial score (nSPS) is 10.6. The van der Waals surface area contributed by atoms with E-state index in [-0.39, 0.29) is 5.91 Å². The standard InChI is InChI=1S/C22H24N4O/c1-16(2)14-24-22(27)19-10-6-9-18(13-19)20-11-12-21(26-25-20)23-15-17-7-4-3-5-8-17/h3-13,16H,14-15H2,1-2H3,(H,23,26)(H,24,27). The Labute approximate surface area is 159 Å². The molecule has 0 atom stereocenters. The van der Waals surface area contributed by atoms with E-state index in [2.05, 4.69) is 46.8 Å². The number of rotatable bonds is 7. The molecule has 138 valence electrons. The van der Waals surface area contributed by atoms with Gasteiger partial charge in [0.15, 0.2) is 0 Å². The average molecular weight is 360 g/mol. The smallest absolute Gasteiger partial charge is 0.251 e. The molecule has 0 bridgehead atoms. The summed E-state index contributed by atoms with van der Waals surface area (Å²) in [4.78, 5) is 12.2. The van der Waals surface area contributed by atoms with Crippen molar-refractivity contribution in [1.29, 1.82) is 0 Å². The summed E-state index contributed by atoms with van der Waals surface area (Å²) in [6.45, 7) is 5.49. The van der Waals surface area contributed by atoms with Crippen molar-refractivity contribution in [2.45, 2.75) is 20.4 Å². The number of hydrogen-bond acceptors (Lipinski definition) is 4. The number of aromatic nitrogens is 2. The van der Waals surface area contributed by atoms with Crippen molar-refractivity contribution < 1.29 is 4.79 Å². The lowest BCUT2D eigenvalue weighted by molar-refractivity contribution is 0.0949. The molecular weight excluding hydrogens is 336 g/mol. The highest BCUT2D eigenvalue weighted by Gasteiger charge is 2.08. The predicted molar refractivity (Wildman–Crippen MR) is 108 cm³/mol. The lowest BCUT2D eigenvalue weighted by Crippen LogP contribution is -2.27. The van der Waals surface area contributed by atoms with Gasteiger partial charge in [-0.25, -0.2) is 0 Å². The Morgan fingerprint density at radius 3 is 2.48 bits per heavy atom. The van der Waals surface area contributed by atoms with Crippen LogP contribution in [-0.2, 0) is 6.54 Å². The van der Waals surface area contributed by atoms with Crippen LogP contribution in [0.3, 0.4) is 0 Å². The molecule has 0 spiro atoms.